The molecule has 1 unspecified atom stereocenters. The van der Waals surface area contributed by atoms with E-state index in [2.05, 4.69) is 0 Å². The number of hydrogen-bond acceptors (Lipinski definition) is 2. The van der Waals surface area contributed by atoms with Crippen LogP contribution in [0.25, 0.3) is 0 Å². The van der Waals surface area contributed by atoms with Crippen molar-refractivity contribution in [1.82, 2.24) is 0 Å². The van der Waals surface area contributed by atoms with Crippen LogP contribution in [0.2, 0.25) is 0 Å². The van der Waals surface area contributed by atoms with Gasteiger partial charge in [0.2, 0.25) is 0 Å². The monoisotopic (exact) mass is 168 g/mol. The van der Waals surface area contributed by atoms with Gasteiger partial charge < -0.3 is 9.84 Å². The molecule has 0 radical (unpaired) electrons. The second-order valence-electron chi connectivity index (χ2n) is 4.13. The molecule has 68 valence electrons. The molecule has 12 heavy (non-hydrogen) atoms. The Labute approximate surface area is 73.2 Å². The molecule has 1 atom stereocenters. The Morgan fingerprint density at radius 3 is 2.92 bits per heavy atom. The van der Waals surface area contributed by atoms with Gasteiger partial charge in [-0.05, 0) is 25.3 Å². The van der Waals surface area contributed by atoms with Gasteiger partial charge in [-0.25, -0.2) is 0 Å². The molecule has 2 aliphatic rings. The predicted octanol–water partition coefficient (Wildman–Crippen LogP) is 1.84. The minimum absolute atomic E-state index is 0.697. The SMILES string of the molecule is CC(O)(CC1CC1)C1=CCCO1. The fraction of sp³-hybridized carbons (Fsp3) is 0.800. The van der Waals surface area contributed by atoms with Crippen molar-refractivity contribution in [1.29, 1.82) is 0 Å². The van der Waals surface area contributed by atoms with Gasteiger partial charge in [0, 0.05) is 6.42 Å². The summed E-state index contributed by atoms with van der Waals surface area (Å²) in [6.45, 7) is 2.61. The van der Waals surface area contributed by atoms with Gasteiger partial charge in [0.1, 0.15) is 11.4 Å². The summed E-state index contributed by atoms with van der Waals surface area (Å²) in [5.74, 6) is 1.54. The van der Waals surface area contributed by atoms with Crippen molar-refractivity contribution in [3.05, 3.63) is 11.8 Å². The molecule has 1 saturated carbocycles. The molecule has 0 aromatic rings. The molecule has 0 saturated heterocycles. The standard InChI is InChI=1S/C10H16O2/c1-10(11,7-8-4-5-8)9-3-2-6-12-9/h3,8,11H,2,4-7H2,1H3. The summed E-state index contributed by atoms with van der Waals surface area (Å²) < 4.78 is 5.36. The fourth-order valence-electron chi connectivity index (χ4n) is 1.78. The van der Waals surface area contributed by atoms with Gasteiger partial charge in [-0.1, -0.05) is 12.8 Å². The highest BCUT2D eigenvalue weighted by Gasteiger charge is 2.36. The second-order valence-corrected chi connectivity index (χ2v) is 4.13. The molecule has 0 amide bonds. The van der Waals surface area contributed by atoms with E-state index in [0.29, 0.717) is 0 Å². The zero-order valence-corrected chi connectivity index (χ0v) is 7.55. The maximum absolute atomic E-state index is 10.0. The Morgan fingerprint density at radius 2 is 2.42 bits per heavy atom. The van der Waals surface area contributed by atoms with Crippen molar-refractivity contribution in [2.45, 2.75) is 38.2 Å². The van der Waals surface area contributed by atoms with Crippen LogP contribution in [0.5, 0.6) is 0 Å². The summed E-state index contributed by atoms with van der Waals surface area (Å²) in [5.41, 5.74) is -0.697. The second kappa shape index (κ2) is 2.77. The molecule has 1 aliphatic heterocycles. The van der Waals surface area contributed by atoms with Crippen LogP contribution in [0.15, 0.2) is 11.8 Å². The van der Waals surface area contributed by atoms with Gasteiger partial charge in [0.25, 0.3) is 0 Å². The lowest BCUT2D eigenvalue weighted by Crippen LogP contribution is -2.27. The molecule has 0 spiro atoms. The first-order chi connectivity index (χ1) is 5.68. The summed E-state index contributed by atoms with van der Waals surface area (Å²) in [4.78, 5) is 0. The number of hydrogen-bond donors (Lipinski definition) is 1. The Kier molecular flexibility index (Phi) is 1.87. The van der Waals surface area contributed by atoms with Crippen LogP contribution >= 0.6 is 0 Å². The van der Waals surface area contributed by atoms with Crippen LogP contribution in [0, 0.1) is 5.92 Å². The van der Waals surface area contributed by atoms with E-state index in [1.54, 1.807) is 0 Å². The van der Waals surface area contributed by atoms with Gasteiger partial charge in [-0.15, -0.1) is 0 Å². The van der Waals surface area contributed by atoms with E-state index < -0.39 is 5.60 Å². The van der Waals surface area contributed by atoms with Gasteiger partial charge in [0.05, 0.1) is 6.61 Å². The highest BCUT2D eigenvalue weighted by molar-refractivity contribution is 5.12. The number of aliphatic hydroxyl groups is 1. The highest BCUT2D eigenvalue weighted by atomic mass is 16.5. The van der Waals surface area contributed by atoms with Gasteiger partial charge in [0.15, 0.2) is 0 Å². The van der Waals surface area contributed by atoms with E-state index in [0.717, 1.165) is 31.1 Å². The molecule has 1 fully saturated rings. The summed E-state index contributed by atoms with van der Waals surface area (Å²) in [7, 11) is 0. The van der Waals surface area contributed by atoms with Crippen molar-refractivity contribution in [3.63, 3.8) is 0 Å². The van der Waals surface area contributed by atoms with E-state index in [-0.39, 0.29) is 0 Å². The number of rotatable bonds is 3. The van der Waals surface area contributed by atoms with E-state index >= 15 is 0 Å². The lowest BCUT2D eigenvalue weighted by Gasteiger charge is -2.23. The minimum atomic E-state index is -0.697. The van der Waals surface area contributed by atoms with Crippen LogP contribution in [0.1, 0.15) is 32.6 Å². The van der Waals surface area contributed by atoms with Crippen molar-refractivity contribution in [3.8, 4) is 0 Å². The summed E-state index contributed by atoms with van der Waals surface area (Å²) >= 11 is 0. The molecule has 1 N–H and O–H groups in total. The molecule has 1 heterocycles. The van der Waals surface area contributed by atoms with E-state index in [9.17, 15) is 5.11 Å². The Morgan fingerprint density at radius 1 is 1.67 bits per heavy atom. The average molecular weight is 168 g/mol. The smallest absolute Gasteiger partial charge is 0.123 e. The molecule has 1 aliphatic carbocycles. The van der Waals surface area contributed by atoms with Crippen molar-refractivity contribution in [2.24, 2.45) is 5.92 Å². The van der Waals surface area contributed by atoms with Gasteiger partial charge in [-0.3, -0.25) is 0 Å². The van der Waals surface area contributed by atoms with Gasteiger partial charge in [-0.2, -0.15) is 0 Å². The largest absolute Gasteiger partial charge is 0.495 e. The van der Waals surface area contributed by atoms with Crippen molar-refractivity contribution in [2.75, 3.05) is 6.61 Å². The van der Waals surface area contributed by atoms with Crippen LogP contribution < -0.4 is 0 Å². The van der Waals surface area contributed by atoms with Crippen molar-refractivity contribution >= 4 is 0 Å². The maximum Gasteiger partial charge on any atom is 0.123 e. The fourth-order valence-corrected chi connectivity index (χ4v) is 1.78. The number of ether oxygens (including phenoxy) is 1. The maximum atomic E-state index is 10.0. The summed E-state index contributed by atoms with van der Waals surface area (Å²) in [6.07, 6.45) is 6.41. The molecule has 2 nitrogen and oxygen atoms in total. The molecular formula is C10H16O2. The molecule has 0 bridgehead atoms. The zero-order valence-electron chi connectivity index (χ0n) is 7.55. The zero-order chi connectivity index (χ0) is 8.60. The minimum Gasteiger partial charge on any atom is -0.495 e. The first kappa shape index (κ1) is 8.11. The van der Waals surface area contributed by atoms with Crippen LogP contribution in [0.4, 0.5) is 0 Å². The summed E-state index contributed by atoms with van der Waals surface area (Å²) in [6, 6.07) is 0. The Hall–Kier alpha value is -0.500. The Balaban J connectivity index is 1.97. The molecular weight excluding hydrogens is 152 g/mol. The average Bonchev–Trinajstić information content (AvgIpc) is 2.67. The van der Waals surface area contributed by atoms with E-state index in [1.165, 1.54) is 12.8 Å². The third kappa shape index (κ3) is 1.63. The van der Waals surface area contributed by atoms with Crippen LogP contribution in [0.3, 0.4) is 0 Å². The highest BCUT2D eigenvalue weighted by Crippen LogP contribution is 2.40. The normalized spacial score (nSPS) is 27.7. The first-order valence-electron chi connectivity index (χ1n) is 4.74. The lowest BCUT2D eigenvalue weighted by atomic mass is 9.96. The quantitative estimate of drug-likeness (QED) is 0.696. The molecule has 2 heteroatoms. The van der Waals surface area contributed by atoms with Crippen LogP contribution in [-0.2, 0) is 4.74 Å². The van der Waals surface area contributed by atoms with Crippen LogP contribution in [-0.4, -0.2) is 17.3 Å². The third-order valence-electron chi connectivity index (χ3n) is 2.62. The van der Waals surface area contributed by atoms with Crippen molar-refractivity contribution < 1.29 is 9.84 Å². The topological polar surface area (TPSA) is 29.5 Å². The molecule has 0 aromatic carbocycles. The predicted molar refractivity (Wildman–Crippen MR) is 46.6 cm³/mol. The first-order valence-corrected chi connectivity index (χ1v) is 4.74. The lowest BCUT2D eigenvalue weighted by molar-refractivity contribution is 0.0233. The summed E-state index contributed by atoms with van der Waals surface area (Å²) in [5, 5.41) is 10.0. The van der Waals surface area contributed by atoms with E-state index in [4.69, 9.17) is 4.74 Å². The van der Waals surface area contributed by atoms with Gasteiger partial charge >= 0.3 is 0 Å². The molecule has 0 aromatic heterocycles. The molecule has 2 rings (SSSR count). The third-order valence-corrected chi connectivity index (χ3v) is 2.62. The Bertz CT molecular complexity index is 202. The van der Waals surface area contributed by atoms with E-state index in [1.807, 2.05) is 13.0 Å².